The van der Waals surface area contributed by atoms with Crippen molar-refractivity contribution in [2.45, 2.75) is 59.0 Å². The molecule has 1 atom stereocenters. The first kappa shape index (κ1) is 16.7. The lowest BCUT2D eigenvalue weighted by Gasteiger charge is -2.16. The molecule has 0 aromatic heterocycles. The Balaban J connectivity index is 4.01. The fraction of sp³-hybridized carbons (Fsp3) is 0.714. The second kappa shape index (κ2) is 9.68. The minimum atomic E-state index is -0.473. The maximum Gasteiger partial charge on any atom is 0.337 e. The third kappa shape index (κ3) is 7.87. The van der Waals surface area contributed by atoms with E-state index < -0.39 is 11.9 Å². The highest BCUT2D eigenvalue weighted by Crippen LogP contribution is 2.12. The molecule has 4 heteroatoms. The van der Waals surface area contributed by atoms with Crippen molar-refractivity contribution in [3.63, 3.8) is 0 Å². The van der Waals surface area contributed by atoms with Gasteiger partial charge in [-0.05, 0) is 19.3 Å². The van der Waals surface area contributed by atoms with Crippen molar-refractivity contribution >= 4 is 11.9 Å². The highest BCUT2D eigenvalue weighted by atomic mass is 16.6. The zero-order valence-corrected chi connectivity index (χ0v) is 11.7. The van der Waals surface area contributed by atoms with E-state index in [1.54, 1.807) is 0 Å². The number of carbonyl (C=O) groups is 2. The molecule has 0 heterocycles. The van der Waals surface area contributed by atoms with Crippen molar-refractivity contribution in [3.8, 4) is 0 Å². The van der Waals surface area contributed by atoms with Crippen LogP contribution in [0.4, 0.5) is 0 Å². The fourth-order valence-corrected chi connectivity index (χ4v) is 1.45. The van der Waals surface area contributed by atoms with Gasteiger partial charge in [-0.2, -0.15) is 0 Å². The van der Waals surface area contributed by atoms with E-state index in [0.29, 0.717) is 0 Å². The van der Waals surface area contributed by atoms with Crippen molar-refractivity contribution < 1.29 is 19.1 Å². The SMILES string of the molecule is C=C(COC(C)=O)C(=O)OC(CC)CCCCC. The van der Waals surface area contributed by atoms with Crippen LogP contribution in [-0.2, 0) is 19.1 Å². The summed E-state index contributed by atoms with van der Waals surface area (Å²) in [6, 6.07) is 0. The van der Waals surface area contributed by atoms with E-state index in [1.165, 1.54) is 6.92 Å². The Morgan fingerprint density at radius 3 is 2.39 bits per heavy atom. The molecule has 0 fully saturated rings. The molecule has 0 radical (unpaired) electrons. The van der Waals surface area contributed by atoms with Crippen LogP contribution in [0.1, 0.15) is 52.9 Å². The predicted octanol–water partition coefficient (Wildman–Crippen LogP) is 3.01. The second-order valence-electron chi connectivity index (χ2n) is 4.32. The number of esters is 2. The summed E-state index contributed by atoms with van der Waals surface area (Å²) in [5.41, 5.74) is 0.180. The van der Waals surface area contributed by atoms with Gasteiger partial charge < -0.3 is 9.47 Å². The molecule has 104 valence electrons. The molecule has 0 N–H and O–H groups in total. The Morgan fingerprint density at radius 1 is 1.22 bits per heavy atom. The third-order valence-electron chi connectivity index (χ3n) is 2.60. The monoisotopic (exact) mass is 256 g/mol. The lowest BCUT2D eigenvalue weighted by Crippen LogP contribution is -2.21. The summed E-state index contributed by atoms with van der Waals surface area (Å²) >= 11 is 0. The van der Waals surface area contributed by atoms with Crippen molar-refractivity contribution in [2.24, 2.45) is 0 Å². The highest BCUT2D eigenvalue weighted by Gasteiger charge is 2.15. The highest BCUT2D eigenvalue weighted by molar-refractivity contribution is 5.88. The Kier molecular flexibility index (Phi) is 8.97. The molecule has 0 aliphatic heterocycles. The van der Waals surface area contributed by atoms with E-state index in [2.05, 4.69) is 13.5 Å². The van der Waals surface area contributed by atoms with Gasteiger partial charge >= 0.3 is 11.9 Å². The summed E-state index contributed by atoms with van der Waals surface area (Å²) in [7, 11) is 0. The summed E-state index contributed by atoms with van der Waals surface area (Å²) < 4.78 is 10.0. The molecule has 0 saturated heterocycles. The molecular formula is C14H24O4. The Hall–Kier alpha value is -1.32. The van der Waals surface area contributed by atoms with Crippen LogP contribution in [-0.4, -0.2) is 24.6 Å². The average molecular weight is 256 g/mol. The molecular weight excluding hydrogens is 232 g/mol. The van der Waals surface area contributed by atoms with Crippen LogP contribution in [0.5, 0.6) is 0 Å². The molecule has 0 aromatic rings. The summed E-state index contributed by atoms with van der Waals surface area (Å²) in [5.74, 6) is -0.904. The lowest BCUT2D eigenvalue weighted by atomic mass is 10.1. The summed E-state index contributed by atoms with van der Waals surface area (Å²) in [5, 5.41) is 0. The number of unbranched alkanes of at least 4 members (excludes halogenated alkanes) is 2. The number of hydrogen-bond acceptors (Lipinski definition) is 4. The van der Waals surface area contributed by atoms with Gasteiger partial charge in [0, 0.05) is 6.92 Å². The Morgan fingerprint density at radius 2 is 1.89 bits per heavy atom. The van der Waals surface area contributed by atoms with Gasteiger partial charge in [0.05, 0.1) is 5.57 Å². The van der Waals surface area contributed by atoms with E-state index in [0.717, 1.165) is 32.1 Å². The van der Waals surface area contributed by atoms with Gasteiger partial charge in [0.25, 0.3) is 0 Å². The first-order valence-electron chi connectivity index (χ1n) is 6.53. The zero-order chi connectivity index (χ0) is 14.0. The molecule has 0 aliphatic rings. The van der Waals surface area contributed by atoms with Crippen LogP contribution in [0.3, 0.4) is 0 Å². The molecule has 0 rings (SSSR count). The third-order valence-corrected chi connectivity index (χ3v) is 2.60. The largest absolute Gasteiger partial charge is 0.461 e. The van der Waals surface area contributed by atoms with E-state index in [4.69, 9.17) is 9.47 Å². The first-order valence-corrected chi connectivity index (χ1v) is 6.53. The van der Waals surface area contributed by atoms with E-state index in [1.807, 2.05) is 6.92 Å². The molecule has 4 nitrogen and oxygen atoms in total. The van der Waals surface area contributed by atoms with Crippen LogP contribution >= 0.6 is 0 Å². The average Bonchev–Trinajstić information content (AvgIpc) is 2.34. The summed E-state index contributed by atoms with van der Waals surface area (Å²) in [6.07, 6.45) is 4.93. The van der Waals surface area contributed by atoms with Crippen molar-refractivity contribution in [1.82, 2.24) is 0 Å². The topological polar surface area (TPSA) is 52.6 Å². The number of carbonyl (C=O) groups excluding carboxylic acids is 2. The molecule has 0 aromatic carbocycles. The normalized spacial score (nSPS) is 11.7. The summed E-state index contributed by atoms with van der Waals surface area (Å²) in [6.45, 7) is 8.87. The minimum Gasteiger partial charge on any atom is -0.461 e. The van der Waals surface area contributed by atoms with Crippen LogP contribution in [0.15, 0.2) is 12.2 Å². The van der Waals surface area contributed by atoms with Gasteiger partial charge in [0.15, 0.2) is 0 Å². The number of ether oxygens (including phenoxy) is 2. The quantitative estimate of drug-likeness (QED) is 0.361. The molecule has 0 spiro atoms. The zero-order valence-electron chi connectivity index (χ0n) is 11.7. The summed E-state index contributed by atoms with van der Waals surface area (Å²) in [4.78, 5) is 22.3. The standard InChI is InChI=1S/C14H24O4/c1-5-7-8-9-13(6-2)18-14(16)11(3)10-17-12(4)15/h13H,3,5-10H2,1-2,4H3. The number of rotatable bonds is 9. The van der Waals surface area contributed by atoms with Crippen LogP contribution in [0.2, 0.25) is 0 Å². The van der Waals surface area contributed by atoms with Crippen LogP contribution in [0, 0.1) is 0 Å². The van der Waals surface area contributed by atoms with Crippen molar-refractivity contribution in [1.29, 1.82) is 0 Å². The smallest absolute Gasteiger partial charge is 0.337 e. The van der Waals surface area contributed by atoms with Crippen LogP contribution < -0.4 is 0 Å². The minimum absolute atomic E-state index is 0.0712. The van der Waals surface area contributed by atoms with Gasteiger partial charge in [0.1, 0.15) is 12.7 Å². The van der Waals surface area contributed by atoms with E-state index >= 15 is 0 Å². The molecule has 0 amide bonds. The van der Waals surface area contributed by atoms with E-state index in [9.17, 15) is 9.59 Å². The Labute approximate surface area is 109 Å². The molecule has 0 aliphatic carbocycles. The fourth-order valence-electron chi connectivity index (χ4n) is 1.45. The predicted molar refractivity (Wildman–Crippen MR) is 70.1 cm³/mol. The lowest BCUT2D eigenvalue weighted by molar-refractivity contribution is -0.147. The number of hydrogen-bond donors (Lipinski definition) is 0. The molecule has 18 heavy (non-hydrogen) atoms. The van der Waals surface area contributed by atoms with E-state index in [-0.39, 0.29) is 18.3 Å². The van der Waals surface area contributed by atoms with Gasteiger partial charge in [-0.15, -0.1) is 0 Å². The van der Waals surface area contributed by atoms with Gasteiger partial charge in [0.2, 0.25) is 0 Å². The van der Waals surface area contributed by atoms with Crippen molar-refractivity contribution in [3.05, 3.63) is 12.2 Å². The molecule has 0 bridgehead atoms. The van der Waals surface area contributed by atoms with Crippen molar-refractivity contribution in [2.75, 3.05) is 6.61 Å². The van der Waals surface area contributed by atoms with Gasteiger partial charge in [-0.3, -0.25) is 4.79 Å². The van der Waals surface area contributed by atoms with Gasteiger partial charge in [-0.25, -0.2) is 4.79 Å². The second-order valence-corrected chi connectivity index (χ2v) is 4.32. The maximum absolute atomic E-state index is 11.6. The maximum atomic E-state index is 11.6. The first-order chi connectivity index (χ1) is 8.51. The van der Waals surface area contributed by atoms with Gasteiger partial charge in [-0.1, -0.05) is 33.3 Å². The van der Waals surface area contributed by atoms with Crippen LogP contribution in [0.25, 0.3) is 0 Å². The Bertz CT molecular complexity index is 284. The molecule has 1 unspecified atom stereocenters. The molecule has 0 saturated carbocycles.